The van der Waals surface area contributed by atoms with E-state index in [1.807, 2.05) is 30.3 Å². The summed E-state index contributed by atoms with van der Waals surface area (Å²) in [6, 6.07) is 14.3. The molecule has 0 bridgehead atoms. The Morgan fingerprint density at radius 3 is 2.46 bits per heavy atom. The molecule has 0 saturated carbocycles. The monoisotopic (exact) mass is 328 g/mol. The van der Waals surface area contributed by atoms with Gasteiger partial charge in [-0.15, -0.1) is 0 Å². The topological polar surface area (TPSA) is 63.4 Å². The first-order chi connectivity index (χ1) is 11.6. The van der Waals surface area contributed by atoms with Crippen LogP contribution in [-0.4, -0.2) is 28.3 Å². The average Bonchev–Trinajstić information content (AvgIpc) is 2.57. The lowest BCUT2D eigenvalue weighted by Gasteiger charge is -2.34. The van der Waals surface area contributed by atoms with E-state index in [9.17, 15) is 19.3 Å². The van der Waals surface area contributed by atoms with E-state index in [1.165, 1.54) is 23.1 Å². The van der Waals surface area contributed by atoms with Gasteiger partial charge in [0.1, 0.15) is 5.82 Å². The molecule has 2 aromatic rings. The molecule has 2 aromatic carbocycles. The minimum atomic E-state index is -1.01. The maximum atomic E-state index is 14.0. The molecule has 0 radical (unpaired) electrons. The SMILES string of the molecule is O=C1C[C@H](c2ccccc2F)[C@@H]([N+](=O)[O-])CN1Cc1ccccc1. The summed E-state index contributed by atoms with van der Waals surface area (Å²) in [4.78, 5) is 25.0. The van der Waals surface area contributed by atoms with Crippen molar-refractivity contribution in [3.05, 3.63) is 81.7 Å². The Kier molecular flexibility index (Phi) is 4.55. The number of hydrogen-bond acceptors (Lipinski definition) is 3. The highest BCUT2D eigenvalue weighted by Gasteiger charge is 2.43. The molecular formula is C18H17FN2O3. The molecule has 0 unspecified atom stereocenters. The van der Waals surface area contributed by atoms with E-state index in [0.717, 1.165) is 5.56 Å². The molecule has 0 aliphatic carbocycles. The Morgan fingerprint density at radius 1 is 1.12 bits per heavy atom. The molecule has 0 aromatic heterocycles. The molecule has 5 nitrogen and oxygen atoms in total. The molecule has 124 valence electrons. The Morgan fingerprint density at radius 2 is 1.79 bits per heavy atom. The summed E-state index contributed by atoms with van der Waals surface area (Å²) in [5.41, 5.74) is 1.16. The molecule has 1 amide bonds. The quantitative estimate of drug-likeness (QED) is 0.640. The fourth-order valence-electron chi connectivity index (χ4n) is 3.17. The average molecular weight is 328 g/mol. The molecule has 1 aliphatic heterocycles. The van der Waals surface area contributed by atoms with Gasteiger partial charge >= 0.3 is 0 Å². The van der Waals surface area contributed by atoms with Crippen LogP contribution in [0.15, 0.2) is 54.6 Å². The Balaban J connectivity index is 1.84. The number of carbonyl (C=O) groups is 1. The van der Waals surface area contributed by atoms with Crippen molar-refractivity contribution in [1.29, 1.82) is 0 Å². The van der Waals surface area contributed by atoms with E-state index in [4.69, 9.17) is 0 Å². The third kappa shape index (κ3) is 3.27. The van der Waals surface area contributed by atoms with E-state index in [0.29, 0.717) is 6.54 Å². The lowest BCUT2D eigenvalue weighted by molar-refractivity contribution is -0.528. The van der Waals surface area contributed by atoms with Crippen molar-refractivity contribution in [2.45, 2.75) is 24.9 Å². The summed E-state index contributed by atoms with van der Waals surface area (Å²) in [6.45, 7) is 0.313. The van der Waals surface area contributed by atoms with Gasteiger partial charge in [-0.25, -0.2) is 4.39 Å². The largest absolute Gasteiger partial charge is 0.331 e. The molecule has 0 N–H and O–H groups in total. The van der Waals surface area contributed by atoms with Crippen LogP contribution in [0.5, 0.6) is 0 Å². The van der Waals surface area contributed by atoms with Gasteiger partial charge in [0, 0.05) is 17.9 Å². The maximum Gasteiger partial charge on any atom is 0.237 e. The Bertz CT molecular complexity index is 751. The first-order valence-corrected chi connectivity index (χ1v) is 7.76. The van der Waals surface area contributed by atoms with Gasteiger partial charge in [-0.3, -0.25) is 14.9 Å². The van der Waals surface area contributed by atoms with Gasteiger partial charge in [-0.05, 0) is 17.2 Å². The fourth-order valence-corrected chi connectivity index (χ4v) is 3.17. The van der Waals surface area contributed by atoms with Gasteiger partial charge in [0.25, 0.3) is 0 Å². The van der Waals surface area contributed by atoms with E-state index in [1.54, 1.807) is 6.07 Å². The molecule has 1 aliphatic rings. The summed E-state index contributed by atoms with van der Waals surface area (Å²) < 4.78 is 14.0. The van der Waals surface area contributed by atoms with Gasteiger partial charge in [-0.2, -0.15) is 0 Å². The summed E-state index contributed by atoms with van der Waals surface area (Å²) in [5, 5.41) is 11.5. The van der Waals surface area contributed by atoms with E-state index < -0.39 is 22.7 Å². The van der Waals surface area contributed by atoms with Crippen LogP contribution in [0.3, 0.4) is 0 Å². The highest BCUT2D eigenvalue weighted by Crippen LogP contribution is 2.32. The third-order valence-corrected chi connectivity index (χ3v) is 4.41. The van der Waals surface area contributed by atoms with E-state index >= 15 is 0 Å². The Hall–Kier alpha value is -2.76. The van der Waals surface area contributed by atoms with Crippen LogP contribution in [0, 0.1) is 15.9 Å². The van der Waals surface area contributed by atoms with E-state index in [-0.39, 0.29) is 24.4 Å². The van der Waals surface area contributed by atoms with Crippen LogP contribution in [0.1, 0.15) is 23.5 Å². The molecule has 1 heterocycles. The number of benzene rings is 2. The number of rotatable bonds is 4. The molecule has 1 saturated heterocycles. The number of carbonyl (C=O) groups excluding carboxylic acids is 1. The molecule has 6 heteroatoms. The predicted molar refractivity (Wildman–Crippen MR) is 86.4 cm³/mol. The highest BCUT2D eigenvalue weighted by molar-refractivity contribution is 5.78. The van der Waals surface area contributed by atoms with Crippen molar-refractivity contribution in [3.8, 4) is 0 Å². The summed E-state index contributed by atoms with van der Waals surface area (Å²) in [6.07, 6.45) is -0.0561. The molecule has 1 fully saturated rings. The van der Waals surface area contributed by atoms with Crippen molar-refractivity contribution in [2.24, 2.45) is 0 Å². The summed E-state index contributed by atoms with van der Waals surface area (Å²) in [5.74, 6) is -1.43. The number of piperidine rings is 1. The number of hydrogen-bond donors (Lipinski definition) is 0. The van der Waals surface area contributed by atoms with Crippen molar-refractivity contribution in [2.75, 3.05) is 6.54 Å². The number of nitro groups is 1. The van der Waals surface area contributed by atoms with E-state index in [2.05, 4.69) is 0 Å². The minimum absolute atomic E-state index is 0.0142. The smallest absolute Gasteiger partial charge is 0.237 e. The summed E-state index contributed by atoms with van der Waals surface area (Å²) in [7, 11) is 0. The second-order valence-electron chi connectivity index (χ2n) is 5.94. The predicted octanol–water partition coefficient (Wildman–Crippen LogP) is 2.99. The van der Waals surface area contributed by atoms with Crippen molar-refractivity contribution in [3.63, 3.8) is 0 Å². The minimum Gasteiger partial charge on any atom is -0.331 e. The van der Waals surface area contributed by atoms with Crippen LogP contribution in [0.25, 0.3) is 0 Å². The van der Waals surface area contributed by atoms with Crippen LogP contribution in [-0.2, 0) is 11.3 Å². The van der Waals surface area contributed by atoms with Gasteiger partial charge in [0.2, 0.25) is 11.9 Å². The highest BCUT2D eigenvalue weighted by atomic mass is 19.1. The lowest BCUT2D eigenvalue weighted by Crippen LogP contribution is -2.49. The molecular weight excluding hydrogens is 311 g/mol. The fraction of sp³-hybridized carbons (Fsp3) is 0.278. The number of amides is 1. The zero-order valence-corrected chi connectivity index (χ0v) is 13.0. The number of halogens is 1. The van der Waals surface area contributed by atoms with Gasteiger partial charge in [-0.1, -0.05) is 48.5 Å². The first-order valence-electron chi connectivity index (χ1n) is 7.76. The molecule has 3 rings (SSSR count). The lowest BCUT2D eigenvalue weighted by atomic mass is 9.84. The number of nitrogens with zero attached hydrogens (tertiary/aromatic N) is 2. The maximum absolute atomic E-state index is 14.0. The Labute approximate surface area is 138 Å². The normalized spacial score (nSPS) is 20.9. The van der Waals surface area contributed by atoms with Crippen molar-refractivity contribution in [1.82, 2.24) is 4.90 Å². The molecule has 24 heavy (non-hydrogen) atoms. The van der Waals surface area contributed by atoms with Crippen molar-refractivity contribution >= 4 is 5.91 Å². The van der Waals surface area contributed by atoms with Crippen LogP contribution >= 0.6 is 0 Å². The van der Waals surface area contributed by atoms with Crippen molar-refractivity contribution < 1.29 is 14.1 Å². The van der Waals surface area contributed by atoms with Crippen LogP contribution in [0.4, 0.5) is 4.39 Å². The van der Waals surface area contributed by atoms with Crippen LogP contribution < -0.4 is 0 Å². The third-order valence-electron chi connectivity index (χ3n) is 4.41. The van der Waals surface area contributed by atoms with Gasteiger partial charge < -0.3 is 4.90 Å². The zero-order chi connectivity index (χ0) is 17.1. The van der Waals surface area contributed by atoms with Gasteiger partial charge in [0.05, 0.1) is 12.5 Å². The summed E-state index contributed by atoms with van der Waals surface area (Å²) >= 11 is 0. The van der Waals surface area contributed by atoms with Gasteiger partial charge in [0.15, 0.2) is 0 Å². The first kappa shape index (κ1) is 16.1. The second-order valence-corrected chi connectivity index (χ2v) is 5.94. The molecule has 2 atom stereocenters. The standard InChI is InChI=1S/C18H17FN2O3/c19-16-9-5-4-8-14(16)15-10-18(22)20(12-17(15)21(23)24)11-13-6-2-1-3-7-13/h1-9,15,17H,10-12H2/t15-,17+/m1/s1. The molecule has 0 spiro atoms. The zero-order valence-electron chi connectivity index (χ0n) is 13.0. The number of likely N-dealkylation sites (tertiary alicyclic amines) is 1. The second kappa shape index (κ2) is 6.78. The van der Waals surface area contributed by atoms with Crippen LogP contribution in [0.2, 0.25) is 0 Å².